The Morgan fingerprint density at radius 2 is 1.89 bits per heavy atom. The maximum Gasteiger partial charge on any atom is 0.132 e. The molecule has 0 bridgehead atoms. The lowest BCUT2D eigenvalue weighted by molar-refractivity contribution is 0.411. The molecule has 4 heteroatoms. The lowest BCUT2D eigenvalue weighted by atomic mass is 9.95. The molecule has 0 saturated heterocycles. The zero-order valence-corrected chi connectivity index (χ0v) is 12.4. The van der Waals surface area contributed by atoms with Crippen LogP contribution in [0, 0.1) is 12.7 Å². The summed E-state index contributed by atoms with van der Waals surface area (Å²) in [5.74, 6) is -0.238. The first-order valence-corrected chi connectivity index (χ1v) is 7.35. The van der Waals surface area contributed by atoms with Gasteiger partial charge in [0.15, 0.2) is 0 Å². The van der Waals surface area contributed by atoms with Crippen LogP contribution in [0.1, 0.15) is 36.6 Å². The standard InChI is InChI=1S/C15H19FN2S/c1-4-15(17,5-2)14-18-13(10(3)19-14)11-8-6-7-9-12(11)16/h6-9H,4-5,17H2,1-3H3. The van der Waals surface area contributed by atoms with Gasteiger partial charge >= 0.3 is 0 Å². The maximum absolute atomic E-state index is 13.9. The molecule has 2 nitrogen and oxygen atoms in total. The molecule has 102 valence electrons. The lowest BCUT2D eigenvalue weighted by Crippen LogP contribution is -2.34. The van der Waals surface area contributed by atoms with Crippen molar-refractivity contribution in [1.82, 2.24) is 4.98 Å². The highest BCUT2D eigenvalue weighted by Crippen LogP contribution is 2.35. The predicted molar refractivity (Wildman–Crippen MR) is 78.7 cm³/mol. The monoisotopic (exact) mass is 278 g/mol. The topological polar surface area (TPSA) is 38.9 Å². The molecule has 1 heterocycles. The molecule has 0 aliphatic carbocycles. The van der Waals surface area contributed by atoms with Gasteiger partial charge in [-0.3, -0.25) is 0 Å². The molecular formula is C15H19FN2S. The number of hydrogen-bond donors (Lipinski definition) is 1. The molecule has 19 heavy (non-hydrogen) atoms. The van der Waals surface area contributed by atoms with Crippen molar-refractivity contribution >= 4 is 11.3 Å². The normalized spacial score (nSPS) is 11.8. The van der Waals surface area contributed by atoms with Gasteiger partial charge in [-0.15, -0.1) is 11.3 Å². The summed E-state index contributed by atoms with van der Waals surface area (Å²) in [4.78, 5) is 5.62. The van der Waals surface area contributed by atoms with Crippen LogP contribution in [0.5, 0.6) is 0 Å². The zero-order chi connectivity index (χ0) is 14.0. The highest BCUT2D eigenvalue weighted by atomic mass is 32.1. The number of hydrogen-bond acceptors (Lipinski definition) is 3. The second-order valence-corrected chi connectivity index (χ2v) is 5.97. The fraction of sp³-hybridized carbons (Fsp3) is 0.400. The van der Waals surface area contributed by atoms with Gasteiger partial charge in [-0.05, 0) is 31.9 Å². The van der Waals surface area contributed by atoms with Gasteiger partial charge in [0.2, 0.25) is 0 Å². The molecule has 2 N–H and O–H groups in total. The van der Waals surface area contributed by atoms with Crippen molar-refractivity contribution in [2.45, 2.75) is 39.2 Å². The Hall–Kier alpha value is -1.26. The van der Waals surface area contributed by atoms with E-state index in [-0.39, 0.29) is 5.82 Å². The number of rotatable bonds is 4. The van der Waals surface area contributed by atoms with E-state index in [2.05, 4.69) is 18.8 Å². The summed E-state index contributed by atoms with van der Waals surface area (Å²) in [7, 11) is 0. The Kier molecular flexibility index (Phi) is 4.02. The minimum absolute atomic E-state index is 0.238. The SMILES string of the molecule is CCC(N)(CC)c1nc(-c2ccccc2F)c(C)s1. The van der Waals surface area contributed by atoms with Gasteiger partial charge in [-0.2, -0.15) is 0 Å². The van der Waals surface area contributed by atoms with Gasteiger partial charge in [0, 0.05) is 10.4 Å². The molecule has 0 fully saturated rings. The Bertz CT molecular complexity index is 573. The number of nitrogens with zero attached hydrogens (tertiary/aromatic N) is 1. The second-order valence-electron chi connectivity index (χ2n) is 4.77. The fourth-order valence-corrected chi connectivity index (χ4v) is 3.24. The largest absolute Gasteiger partial charge is 0.319 e. The van der Waals surface area contributed by atoms with Crippen molar-refractivity contribution in [3.05, 3.63) is 40.0 Å². The van der Waals surface area contributed by atoms with Crippen LogP contribution >= 0.6 is 11.3 Å². The third-order valence-electron chi connectivity index (χ3n) is 3.61. The van der Waals surface area contributed by atoms with Crippen LogP contribution in [0.15, 0.2) is 24.3 Å². The van der Waals surface area contributed by atoms with E-state index >= 15 is 0 Å². The molecule has 0 aliphatic heterocycles. The smallest absolute Gasteiger partial charge is 0.132 e. The summed E-state index contributed by atoms with van der Waals surface area (Å²) in [5.41, 5.74) is 7.24. The molecule has 0 aliphatic rings. The van der Waals surface area contributed by atoms with Crippen LogP contribution in [0.2, 0.25) is 0 Å². The molecular weight excluding hydrogens is 259 g/mol. The third kappa shape index (κ3) is 2.55. The molecule has 2 rings (SSSR count). The highest BCUT2D eigenvalue weighted by Gasteiger charge is 2.28. The van der Waals surface area contributed by atoms with E-state index in [1.54, 1.807) is 23.5 Å². The van der Waals surface area contributed by atoms with Crippen molar-refractivity contribution < 1.29 is 4.39 Å². The molecule has 1 aromatic heterocycles. The number of aryl methyl sites for hydroxylation is 1. The quantitative estimate of drug-likeness (QED) is 0.909. The van der Waals surface area contributed by atoms with Crippen molar-refractivity contribution in [1.29, 1.82) is 0 Å². The average molecular weight is 278 g/mol. The fourth-order valence-electron chi connectivity index (χ4n) is 2.06. The Morgan fingerprint density at radius 1 is 1.26 bits per heavy atom. The summed E-state index contributed by atoms with van der Waals surface area (Å²) < 4.78 is 13.9. The number of thiazole rings is 1. The highest BCUT2D eigenvalue weighted by molar-refractivity contribution is 7.12. The number of nitrogens with two attached hydrogens (primary N) is 1. The average Bonchev–Trinajstić information content (AvgIpc) is 2.81. The van der Waals surface area contributed by atoms with E-state index in [9.17, 15) is 4.39 Å². The Labute approximate surface area is 117 Å². The third-order valence-corrected chi connectivity index (χ3v) is 4.80. The van der Waals surface area contributed by atoms with E-state index in [1.807, 2.05) is 13.0 Å². The zero-order valence-electron chi connectivity index (χ0n) is 11.5. The first-order chi connectivity index (χ1) is 9.01. The molecule has 0 unspecified atom stereocenters. The van der Waals surface area contributed by atoms with Crippen LogP contribution in [0.25, 0.3) is 11.3 Å². The van der Waals surface area contributed by atoms with Gasteiger partial charge < -0.3 is 5.73 Å². The van der Waals surface area contributed by atoms with Crippen molar-refractivity contribution in [2.24, 2.45) is 5.73 Å². The van der Waals surface area contributed by atoms with Crippen LogP contribution in [-0.2, 0) is 5.54 Å². The number of halogens is 1. The summed E-state index contributed by atoms with van der Waals surface area (Å²) in [5, 5.41) is 0.897. The molecule has 0 atom stereocenters. The maximum atomic E-state index is 13.9. The van der Waals surface area contributed by atoms with Crippen LogP contribution in [-0.4, -0.2) is 4.98 Å². The Morgan fingerprint density at radius 3 is 2.47 bits per heavy atom. The summed E-state index contributed by atoms with van der Waals surface area (Å²) in [6.07, 6.45) is 1.65. The number of aromatic nitrogens is 1. The minimum atomic E-state index is -0.404. The van der Waals surface area contributed by atoms with Crippen molar-refractivity contribution in [3.8, 4) is 11.3 Å². The molecule has 0 radical (unpaired) electrons. The molecule has 0 amide bonds. The van der Waals surface area contributed by atoms with Gasteiger partial charge in [0.05, 0.1) is 11.2 Å². The van der Waals surface area contributed by atoms with Gasteiger partial charge in [-0.25, -0.2) is 9.37 Å². The first-order valence-electron chi connectivity index (χ1n) is 6.53. The summed E-state index contributed by atoms with van der Waals surface area (Å²) in [6, 6.07) is 6.74. The Balaban J connectivity index is 2.51. The molecule has 2 aromatic rings. The lowest BCUT2D eigenvalue weighted by Gasteiger charge is -2.23. The van der Waals surface area contributed by atoms with Crippen LogP contribution < -0.4 is 5.73 Å². The first kappa shape index (κ1) is 14.2. The van der Waals surface area contributed by atoms with E-state index in [1.165, 1.54) is 6.07 Å². The predicted octanol–water partition coefficient (Wildman–Crippen LogP) is 4.23. The van der Waals surface area contributed by atoms with Crippen LogP contribution in [0.4, 0.5) is 4.39 Å². The van der Waals surface area contributed by atoms with Gasteiger partial charge in [0.25, 0.3) is 0 Å². The molecule has 0 saturated carbocycles. The summed E-state index contributed by atoms with van der Waals surface area (Å²) >= 11 is 1.57. The van der Waals surface area contributed by atoms with Crippen molar-refractivity contribution in [2.75, 3.05) is 0 Å². The molecule has 1 aromatic carbocycles. The van der Waals surface area contributed by atoms with Gasteiger partial charge in [-0.1, -0.05) is 26.0 Å². The minimum Gasteiger partial charge on any atom is -0.319 e. The summed E-state index contributed by atoms with van der Waals surface area (Å²) in [6.45, 7) is 6.08. The number of benzene rings is 1. The van der Waals surface area contributed by atoms with E-state index < -0.39 is 5.54 Å². The van der Waals surface area contributed by atoms with Crippen LogP contribution in [0.3, 0.4) is 0 Å². The van der Waals surface area contributed by atoms with E-state index in [4.69, 9.17) is 5.73 Å². The molecule has 0 spiro atoms. The van der Waals surface area contributed by atoms with E-state index in [0.717, 1.165) is 28.4 Å². The van der Waals surface area contributed by atoms with Gasteiger partial charge in [0.1, 0.15) is 10.8 Å². The van der Waals surface area contributed by atoms with E-state index in [0.29, 0.717) is 5.56 Å². The second kappa shape index (κ2) is 5.39. The van der Waals surface area contributed by atoms with Crippen molar-refractivity contribution in [3.63, 3.8) is 0 Å².